The molecular formula is C23H24N2O. The maximum Gasteiger partial charge on any atom is 0.238 e. The molecule has 0 saturated carbocycles. The van der Waals surface area contributed by atoms with Gasteiger partial charge in [-0.05, 0) is 37.2 Å². The van der Waals surface area contributed by atoms with Crippen LogP contribution < -0.4 is 5.32 Å². The van der Waals surface area contributed by atoms with Crippen LogP contribution in [0.4, 0.5) is 5.69 Å². The zero-order chi connectivity index (χ0) is 18.4. The summed E-state index contributed by atoms with van der Waals surface area (Å²) in [4.78, 5) is 14.6. The third-order valence-corrected chi connectivity index (χ3v) is 4.40. The molecule has 3 rings (SSSR count). The number of rotatable bonds is 6. The molecule has 132 valence electrons. The van der Waals surface area contributed by atoms with Gasteiger partial charge in [0.15, 0.2) is 0 Å². The zero-order valence-electron chi connectivity index (χ0n) is 15.2. The third kappa shape index (κ3) is 4.58. The number of nitrogens with zero attached hydrogens (tertiary/aromatic N) is 1. The van der Waals surface area contributed by atoms with E-state index in [0.29, 0.717) is 6.54 Å². The van der Waals surface area contributed by atoms with Crippen molar-refractivity contribution in [2.24, 2.45) is 0 Å². The number of nitrogens with one attached hydrogen (secondary N) is 1. The van der Waals surface area contributed by atoms with Gasteiger partial charge in [0.1, 0.15) is 0 Å². The molecule has 1 N–H and O–H groups in total. The Morgan fingerprint density at radius 3 is 1.85 bits per heavy atom. The van der Waals surface area contributed by atoms with Crippen molar-refractivity contribution in [3.63, 3.8) is 0 Å². The summed E-state index contributed by atoms with van der Waals surface area (Å²) in [5.41, 5.74) is 4.34. The standard InChI is InChI=1S/C23H24N2O/c1-18-13-15-21(16-14-18)24-22(26)17-25(2)23(19-9-5-3-6-10-19)20-11-7-4-8-12-20/h3-16,23H,17H2,1-2H3,(H,24,26). The minimum absolute atomic E-state index is 0.0202. The fraction of sp³-hybridized carbons (Fsp3) is 0.174. The number of carbonyl (C=O) groups excluding carboxylic acids is 1. The molecule has 3 heteroatoms. The molecule has 26 heavy (non-hydrogen) atoms. The summed E-state index contributed by atoms with van der Waals surface area (Å²) in [6.07, 6.45) is 0. The van der Waals surface area contributed by atoms with E-state index in [2.05, 4.69) is 34.5 Å². The van der Waals surface area contributed by atoms with E-state index in [-0.39, 0.29) is 11.9 Å². The molecule has 0 fully saturated rings. The van der Waals surface area contributed by atoms with Gasteiger partial charge in [-0.25, -0.2) is 0 Å². The Balaban J connectivity index is 1.76. The minimum Gasteiger partial charge on any atom is -0.325 e. The number of benzene rings is 3. The van der Waals surface area contributed by atoms with E-state index in [1.165, 1.54) is 16.7 Å². The van der Waals surface area contributed by atoms with Crippen molar-refractivity contribution in [3.05, 3.63) is 102 Å². The molecule has 0 heterocycles. The van der Waals surface area contributed by atoms with Gasteiger partial charge in [0.25, 0.3) is 0 Å². The first-order valence-corrected chi connectivity index (χ1v) is 8.80. The number of aryl methyl sites for hydroxylation is 1. The molecule has 3 nitrogen and oxygen atoms in total. The summed E-state index contributed by atoms with van der Waals surface area (Å²) < 4.78 is 0. The highest BCUT2D eigenvalue weighted by Gasteiger charge is 2.21. The van der Waals surface area contributed by atoms with E-state index in [4.69, 9.17) is 0 Å². The maximum absolute atomic E-state index is 12.5. The number of amides is 1. The summed E-state index contributed by atoms with van der Waals surface area (Å²) >= 11 is 0. The molecule has 0 atom stereocenters. The molecule has 0 radical (unpaired) electrons. The lowest BCUT2D eigenvalue weighted by atomic mass is 9.97. The van der Waals surface area contributed by atoms with Crippen molar-refractivity contribution >= 4 is 11.6 Å². The van der Waals surface area contributed by atoms with E-state index in [1.807, 2.05) is 74.6 Å². The van der Waals surface area contributed by atoms with Crippen LogP contribution in [0, 0.1) is 6.92 Å². The Morgan fingerprint density at radius 2 is 1.35 bits per heavy atom. The predicted molar refractivity (Wildman–Crippen MR) is 107 cm³/mol. The second-order valence-corrected chi connectivity index (χ2v) is 6.55. The monoisotopic (exact) mass is 344 g/mol. The molecule has 0 unspecified atom stereocenters. The number of carbonyl (C=O) groups is 1. The largest absolute Gasteiger partial charge is 0.325 e. The average molecular weight is 344 g/mol. The molecule has 0 saturated heterocycles. The summed E-state index contributed by atoms with van der Waals surface area (Å²) in [6.45, 7) is 2.34. The highest BCUT2D eigenvalue weighted by Crippen LogP contribution is 2.27. The highest BCUT2D eigenvalue weighted by molar-refractivity contribution is 5.92. The van der Waals surface area contributed by atoms with Gasteiger partial charge in [-0.1, -0.05) is 78.4 Å². The van der Waals surface area contributed by atoms with Gasteiger partial charge < -0.3 is 5.32 Å². The van der Waals surface area contributed by atoms with Crippen LogP contribution in [-0.4, -0.2) is 24.4 Å². The van der Waals surface area contributed by atoms with E-state index in [1.54, 1.807) is 0 Å². The second kappa shape index (κ2) is 8.45. The lowest BCUT2D eigenvalue weighted by Gasteiger charge is -2.28. The quantitative estimate of drug-likeness (QED) is 0.706. The van der Waals surface area contributed by atoms with Gasteiger partial charge in [0.2, 0.25) is 5.91 Å². The maximum atomic E-state index is 12.5. The lowest BCUT2D eigenvalue weighted by Crippen LogP contribution is -2.33. The SMILES string of the molecule is Cc1ccc(NC(=O)CN(C)C(c2ccccc2)c2ccccc2)cc1. The van der Waals surface area contributed by atoms with Crippen LogP contribution in [0.25, 0.3) is 0 Å². The first-order chi connectivity index (χ1) is 12.6. The Kier molecular flexibility index (Phi) is 5.82. The van der Waals surface area contributed by atoms with Gasteiger partial charge in [0, 0.05) is 5.69 Å². The number of likely N-dealkylation sites (N-methyl/N-ethyl adjacent to an activating group) is 1. The number of hydrogen-bond donors (Lipinski definition) is 1. The van der Waals surface area contributed by atoms with E-state index in [9.17, 15) is 4.79 Å². The normalized spacial score (nSPS) is 10.9. The summed E-state index contributed by atoms with van der Waals surface area (Å²) in [6, 6.07) is 28.4. The molecule has 1 amide bonds. The first-order valence-electron chi connectivity index (χ1n) is 8.80. The van der Waals surface area contributed by atoms with Gasteiger partial charge >= 0.3 is 0 Å². The summed E-state index contributed by atoms with van der Waals surface area (Å²) in [5, 5.41) is 2.98. The van der Waals surface area contributed by atoms with E-state index < -0.39 is 0 Å². The van der Waals surface area contributed by atoms with Gasteiger partial charge in [-0.2, -0.15) is 0 Å². The third-order valence-electron chi connectivity index (χ3n) is 4.40. The molecule has 0 bridgehead atoms. The highest BCUT2D eigenvalue weighted by atomic mass is 16.2. The lowest BCUT2D eigenvalue weighted by molar-refractivity contribution is -0.117. The Bertz CT molecular complexity index is 790. The van der Waals surface area contributed by atoms with Gasteiger partial charge in [-0.15, -0.1) is 0 Å². The molecule has 0 aliphatic carbocycles. The van der Waals surface area contributed by atoms with Gasteiger partial charge in [0.05, 0.1) is 12.6 Å². The average Bonchev–Trinajstić information content (AvgIpc) is 2.65. The summed E-state index contributed by atoms with van der Waals surface area (Å²) in [5.74, 6) is -0.0202. The van der Waals surface area contributed by atoms with Crippen molar-refractivity contribution in [3.8, 4) is 0 Å². The van der Waals surface area contributed by atoms with Crippen molar-refractivity contribution in [2.75, 3.05) is 18.9 Å². The topological polar surface area (TPSA) is 32.3 Å². The molecule has 0 aromatic heterocycles. The Labute approximate surface area is 155 Å². The van der Waals surface area contributed by atoms with Crippen LogP contribution >= 0.6 is 0 Å². The second-order valence-electron chi connectivity index (χ2n) is 6.55. The number of anilines is 1. The molecule has 0 aliphatic heterocycles. The zero-order valence-corrected chi connectivity index (χ0v) is 15.2. The molecule has 0 aliphatic rings. The smallest absolute Gasteiger partial charge is 0.238 e. The first kappa shape index (κ1) is 17.9. The van der Waals surface area contributed by atoms with Gasteiger partial charge in [-0.3, -0.25) is 9.69 Å². The minimum atomic E-state index is -0.0202. The van der Waals surface area contributed by atoms with Crippen molar-refractivity contribution < 1.29 is 4.79 Å². The van der Waals surface area contributed by atoms with Crippen LogP contribution in [0.2, 0.25) is 0 Å². The van der Waals surface area contributed by atoms with Crippen molar-refractivity contribution in [1.82, 2.24) is 4.90 Å². The van der Waals surface area contributed by atoms with Crippen LogP contribution in [0.1, 0.15) is 22.7 Å². The molecule has 0 spiro atoms. The van der Waals surface area contributed by atoms with Crippen LogP contribution in [0.15, 0.2) is 84.9 Å². The van der Waals surface area contributed by atoms with Crippen LogP contribution in [0.5, 0.6) is 0 Å². The Hall–Kier alpha value is -2.91. The predicted octanol–water partition coefficient (Wildman–Crippen LogP) is 4.65. The van der Waals surface area contributed by atoms with Crippen molar-refractivity contribution in [2.45, 2.75) is 13.0 Å². The van der Waals surface area contributed by atoms with E-state index in [0.717, 1.165) is 5.69 Å². The van der Waals surface area contributed by atoms with Crippen molar-refractivity contribution in [1.29, 1.82) is 0 Å². The Morgan fingerprint density at radius 1 is 0.846 bits per heavy atom. The molecular weight excluding hydrogens is 320 g/mol. The van der Waals surface area contributed by atoms with Crippen LogP contribution in [-0.2, 0) is 4.79 Å². The fourth-order valence-electron chi connectivity index (χ4n) is 3.13. The van der Waals surface area contributed by atoms with E-state index >= 15 is 0 Å². The number of hydrogen-bond acceptors (Lipinski definition) is 2. The molecule has 3 aromatic rings. The van der Waals surface area contributed by atoms with Crippen LogP contribution in [0.3, 0.4) is 0 Å². The fourth-order valence-corrected chi connectivity index (χ4v) is 3.13. The summed E-state index contributed by atoms with van der Waals surface area (Å²) in [7, 11) is 1.99. The molecule has 3 aromatic carbocycles.